The van der Waals surface area contributed by atoms with Crippen LogP contribution in [0.15, 0.2) is 30.5 Å². The Hall–Kier alpha value is -1.32. The molecule has 98 valence electrons. The monoisotopic (exact) mass is 246 g/mol. The second-order valence-corrected chi connectivity index (χ2v) is 4.77. The van der Waals surface area contributed by atoms with Gasteiger partial charge in [0.25, 0.3) is 0 Å². The first kappa shape index (κ1) is 13.1. The van der Waals surface area contributed by atoms with Crippen LogP contribution in [-0.4, -0.2) is 29.8 Å². The topological polar surface area (TPSA) is 48.0 Å². The van der Waals surface area contributed by atoms with E-state index in [1.165, 1.54) is 16.5 Å². The van der Waals surface area contributed by atoms with E-state index < -0.39 is 0 Å². The highest BCUT2D eigenvalue weighted by molar-refractivity contribution is 5.83. The zero-order valence-electron chi connectivity index (χ0n) is 10.9. The molecule has 2 rings (SSSR count). The van der Waals surface area contributed by atoms with Crippen LogP contribution in [0.4, 0.5) is 0 Å². The van der Waals surface area contributed by atoms with Crippen LogP contribution in [0.2, 0.25) is 0 Å². The molecule has 18 heavy (non-hydrogen) atoms. The molecular weight excluding hydrogens is 224 g/mol. The van der Waals surface area contributed by atoms with Crippen LogP contribution in [-0.2, 0) is 6.42 Å². The summed E-state index contributed by atoms with van der Waals surface area (Å²) in [5.74, 6) is 0.382. The second-order valence-electron chi connectivity index (χ2n) is 4.77. The van der Waals surface area contributed by atoms with Crippen molar-refractivity contribution >= 4 is 10.9 Å². The maximum atomic E-state index is 9.11. The fourth-order valence-electron chi connectivity index (χ4n) is 2.21. The summed E-state index contributed by atoms with van der Waals surface area (Å²) in [6.07, 6.45) is 4.14. The third kappa shape index (κ3) is 3.12. The van der Waals surface area contributed by atoms with Crippen molar-refractivity contribution < 1.29 is 5.11 Å². The molecule has 1 atom stereocenters. The molecule has 1 aromatic carbocycles. The van der Waals surface area contributed by atoms with Crippen molar-refractivity contribution in [3.63, 3.8) is 0 Å². The zero-order chi connectivity index (χ0) is 12.8. The Kier molecular flexibility index (Phi) is 4.79. The molecular formula is C15H22N2O. The summed E-state index contributed by atoms with van der Waals surface area (Å²) in [5.41, 5.74) is 2.56. The molecule has 1 unspecified atom stereocenters. The predicted octanol–water partition coefficient (Wildman–Crippen LogP) is 2.32. The molecule has 1 aromatic heterocycles. The van der Waals surface area contributed by atoms with Gasteiger partial charge in [0.1, 0.15) is 0 Å². The van der Waals surface area contributed by atoms with E-state index in [2.05, 4.69) is 41.6 Å². The standard InChI is InChI=1S/C15H22N2O/c1-2-12(11-18)9-16-8-7-13-10-17-15-6-4-3-5-14(13)15/h3-6,10,12,16-18H,2,7-9,11H2,1H3. The minimum atomic E-state index is 0.274. The molecule has 0 aliphatic rings. The van der Waals surface area contributed by atoms with Gasteiger partial charge in [-0.15, -0.1) is 0 Å². The normalized spacial score (nSPS) is 13.0. The molecule has 0 fully saturated rings. The number of rotatable bonds is 7. The predicted molar refractivity (Wildman–Crippen MR) is 75.7 cm³/mol. The SMILES string of the molecule is CCC(CO)CNCCc1c[nH]c2ccccc12. The summed E-state index contributed by atoms with van der Waals surface area (Å²) < 4.78 is 0. The Morgan fingerprint density at radius 3 is 2.94 bits per heavy atom. The van der Waals surface area contributed by atoms with Gasteiger partial charge in [-0.1, -0.05) is 25.1 Å². The van der Waals surface area contributed by atoms with Crippen molar-refractivity contribution in [2.24, 2.45) is 5.92 Å². The highest BCUT2D eigenvalue weighted by Crippen LogP contribution is 2.17. The number of aromatic nitrogens is 1. The number of benzene rings is 1. The average Bonchev–Trinajstić information content (AvgIpc) is 2.82. The van der Waals surface area contributed by atoms with Crippen LogP contribution in [0.3, 0.4) is 0 Å². The number of hydrogen-bond acceptors (Lipinski definition) is 2. The summed E-state index contributed by atoms with van der Waals surface area (Å²) in [5, 5.41) is 13.8. The van der Waals surface area contributed by atoms with Gasteiger partial charge in [-0.2, -0.15) is 0 Å². The maximum Gasteiger partial charge on any atom is 0.0471 e. The Bertz CT molecular complexity index is 474. The van der Waals surface area contributed by atoms with Crippen LogP contribution in [0, 0.1) is 5.92 Å². The molecule has 0 bridgehead atoms. The number of fused-ring (bicyclic) bond motifs is 1. The summed E-state index contributed by atoms with van der Waals surface area (Å²) in [7, 11) is 0. The van der Waals surface area contributed by atoms with E-state index in [1.807, 2.05) is 6.07 Å². The summed E-state index contributed by atoms with van der Waals surface area (Å²) in [6, 6.07) is 8.38. The number of hydrogen-bond donors (Lipinski definition) is 3. The minimum absolute atomic E-state index is 0.274. The van der Waals surface area contributed by atoms with E-state index in [0.717, 1.165) is 25.9 Å². The van der Waals surface area contributed by atoms with Crippen LogP contribution in [0.5, 0.6) is 0 Å². The quantitative estimate of drug-likeness (QED) is 0.657. The van der Waals surface area contributed by atoms with E-state index in [-0.39, 0.29) is 6.61 Å². The Balaban J connectivity index is 1.83. The van der Waals surface area contributed by atoms with E-state index in [1.54, 1.807) is 0 Å². The Morgan fingerprint density at radius 1 is 1.33 bits per heavy atom. The largest absolute Gasteiger partial charge is 0.396 e. The first-order valence-electron chi connectivity index (χ1n) is 6.71. The van der Waals surface area contributed by atoms with Gasteiger partial charge >= 0.3 is 0 Å². The Labute approximate surface area is 108 Å². The highest BCUT2D eigenvalue weighted by Gasteiger charge is 2.05. The molecule has 0 aliphatic heterocycles. The molecule has 3 heteroatoms. The van der Waals surface area contributed by atoms with E-state index in [4.69, 9.17) is 5.11 Å². The second kappa shape index (κ2) is 6.57. The smallest absolute Gasteiger partial charge is 0.0471 e. The molecule has 0 saturated carbocycles. The first-order chi connectivity index (χ1) is 8.85. The molecule has 2 aromatic rings. The van der Waals surface area contributed by atoms with Gasteiger partial charge in [-0.3, -0.25) is 0 Å². The number of H-pyrrole nitrogens is 1. The molecule has 0 amide bonds. The molecule has 3 N–H and O–H groups in total. The van der Waals surface area contributed by atoms with Gasteiger partial charge in [0, 0.05) is 30.3 Å². The lowest BCUT2D eigenvalue weighted by molar-refractivity contribution is 0.219. The maximum absolute atomic E-state index is 9.11. The van der Waals surface area contributed by atoms with Crippen molar-refractivity contribution in [3.8, 4) is 0 Å². The number of para-hydroxylation sites is 1. The number of aromatic amines is 1. The van der Waals surface area contributed by atoms with Gasteiger partial charge in [-0.05, 0) is 36.9 Å². The van der Waals surface area contributed by atoms with Crippen molar-refractivity contribution in [1.82, 2.24) is 10.3 Å². The minimum Gasteiger partial charge on any atom is -0.396 e. The number of aliphatic hydroxyl groups is 1. The van der Waals surface area contributed by atoms with Crippen molar-refractivity contribution in [2.75, 3.05) is 19.7 Å². The van der Waals surface area contributed by atoms with Crippen LogP contribution in [0.1, 0.15) is 18.9 Å². The van der Waals surface area contributed by atoms with Gasteiger partial charge in [0.2, 0.25) is 0 Å². The lowest BCUT2D eigenvalue weighted by Gasteiger charge is -2.12. The summed E-state index contributed by atoms with van der Waals surface area (Å²) in [6.45, 7) is 4.24. The Morgan fingerprint density at radius 2 is 2.17 bits per heavy atom. The van der Waals surface area contributed by atoms with Gasteiger partial charge in [0.15, 0.2) is 0 Å². The van der Waals surface area contributed by atoms with Crippen molar-refractivity contribution in [2.45, 2.75) is 19.8 Å². The summed E-state index contributed by atoms with van der Waals surface area (Å²) in [4.78, 5) is 3.29. The fourth-order valence-corrected chi connectivity index (χ4v) is 2.21. The van der Waals surface area contributed by atoms with Gasteiger partial charge in [-0.25, -0.2) is 0 Å². The number of aliphatic hydroxyl groups excluding tert-OH is 1. The third-order valence-electron chi connectivity index (χ3n) is 3.51. The molecule has 0 radical (unpaired) electrons. The zero-order valence-corrected chi connectivity index (χ0v) is 10.9. The van der Waals surface area contributed by atoms with E-state index in [0.29, 0.717) is 5.92 Å². The van der Waals surface area contributed by atoms with Crippen LogP contribution in [0.25, 0.3) is 10.9 Å². The first-order valence-corrected chi connectivity index (χ1v) is 6.71. The van der Waals surface area contributed by atoms with E-state index in [9.17, 15) is 0 Å². The van der Waals surface area contributed by atoms with Crippen LogP contribution >= 0.6 is 0 Å². The molecule has 1 heterocycles. The molecule has 0 saturated heterocycles. The van der Waals surface area contributed by atoms with E-state index >= 15 is 0 Å². The van der Waals surface area contributed by atoms with Gasteiger partial charge < -0.3 is 15.4 Å². The number of nitrogens with one attached hydrogen (secondary N) is 2. The van der Waals surface area contributed by atoms with Crippen molar-refractivity contribution in [3.05, 3.63) is 36.0 Å². The van der Waals surface area contributed by atoms with Gasteiger partial charge in [0.05, 0.1) is 0 Å². The fraction of sp³-hybridized carbons (Fsp3) is 0.467. The third-order valence-corrected chi connectivity index (χ3v) is 3.51. The summed E-state index contributed by atoms with van der Waals surface area (Å²) >= 11 is 0. The molecule has 0 aliphatic carbocycles. The molecule has 3 nitrogen and oxygen atoms in total. The lowest BCUT2D eigenvalue weighted by Crippen LogP contribution is -2.26. The molecule has 0 spiro atoms. The average molecular weight is 246 g/mol. The highest BCUT2D eigenvalue weighted by atomic mass is 16.3. The van der Waals surface area contributed by atoms with Crippen molar-refractivity contribution in [1.29, 1.82) is 0 Å². The lowest BCUT2D eigenvalue weighted by atomic mass is 10.1. The van der Waals surface area contributed by atoms with Crippen LogP contribution < -0.4 is 5.32 Å².